The van der Waals surface area contributed by atoms with E-state index in [2.05, 4.69) is 82.0 Å². The average Bonchev–Trinajstić information content (AvgIpc) is 2.84. The van der Waals surface area contributed by atoms with E-state index >= 15 is 0 Å². The summed E-state index contributed by atoms with van der Waals surface area (Å²) in [6.07, 6.45) is 4.77. The first-order valence-electron chi connectivity index (χ1n) is 11.9. The number of fused-ring (bicyclic) bond motifs is 1. The van der Waals surface area contributed by atoms with Gasteiger partial charge in [-0.2, -0.15) is 0 Å². The van der Waals surface area contributed by atoms with Crippen molar-refractivity contribution in [2.45, 2.75) is 38.3 Å². The maximum atomic E-state index is 5.46. The number of para-hydroxylation sites is 1. The van der Waals surface area contributed by atoms with Gasteiger partial charge in [-0.25, -0.2) is 4.98 Å². The van der Waals surface area contributed by atoms with Gasteiger partial charge in [0.05, 0.1) is 24.2 Å². The van der Waals surface area contributed by atoms with Gasteiger partial charge in [0.15, 0.2) is 11.5 Å². The van der Waals surface area contributed by atoms with E-state index in [9.17, 15) is 0 Å². The van der Waals surface area contributed by atoms with E-state index in [1.807, 2.05) is 6.07 Å². The van der Waals surface area contributed by atoms with E-state index in [0.29, 0.717) is 12.0 Å². The lowest BCUT2D eigenvalue weighted by Crippen LogP contribution is -2.31. The molecule has 1 aliphatic rings. The second-order valence-electron chi connectivity index (χ2n) is 9.24. The Morgan fingerprint density at radius 1 is 1.03 bits per heavy atom. The van der Waals surface area contributed by atoms with Crippen LogP contribution in [0.5, 0.6) is 11.5 Å². The van der Waals surface area contributed by atoms with Crippen molar-refractivity contribution in [3.63, 3.8) is 0 Å². The van der Waals surface area contributed by atoms with Crippen molar-refractivity contribution < 1.29 is 9.47 Å². The molecule has 0 spiro atoms. The Hall–Kier alpha value is -2.51. The van der Waals surface area contributed by atoms with Gasteiger partial charge >= 0.3 is 0 Å². The molecule has 1 heterocycles. The molecule has 0 atom stereocenters. The predicted octanol–water partition coefficient (Wildman–Crippen LogP) is 5.84. The molecule has 182 valence electrons. The molecule has 0 bridgehead atoms. The van der Waals surface area contributed by atoms with Crippen molar-refractivity contribution in [2.24, 2.45) is 5.92 Å². The monoisotopic (exact) mass is 526 g/mol. The van der Waals surface area contributed by atoms with Crippen LogP contribution in [0.1, 0.15) is 31.2 Å². The number of hydrogen-bond acceptors (Lipinski definition) is 6. The molecule has 0 amide bonds. The van der Waals surface area contributed by atoms with Crippen LogP contribution in [0.4, 0.5) is 11.5 Å². The van der Waals surface area contributed by atoms with E-state index < -0.39 is 0 Å². The largest absolute Gasteiger partial charge is 0.493 e. The van der Waals surface area contributed by atoms with E-state index in [4.69, 9.17) is 14.5 Å². The highest BCUT2D eigenvalue weighted by atomic mass is 79.9. The number of anilines is 2. The van der Waals surface area contributed by atoms with Gasteiger partial charge in [-0.05, 0) is 77.8 Å². The van der Waals surface area contributed by atoms with Gasteiger partial charge in [0.1, 0.15) is 5.82 Å². The third-order valence-electron chi connectivity index (χ3n) is 6.63. The number of methoxy groups -OCH3 is 2. The summed E-state index contributed by atoms with van der Waals surface area (Å²) in [6.45, 7) is 1.84. The number of hydrogen-bond donors (Lipinski definition) is 2. The van der Waals surface area contributed by atoms with Gasteiger partial charge in [0, 0.05) is 43.8 Å². The van der Waals surface area contributed by atoms with E-state index in [1.54, 1.807) is 14.2 Å². The molecule has 1 aliphatic carbocycles. The van der Waals surface area contributed by atoms with E-state index in [0.717, 1.165) is 40.4 Å². The predicted molar refractivity (Wildman–Crippen MR) is 144 cm³/mol. The number of nitrogens with one attached hydrogen (secondary N) is 2. The van der Waals surface area contributed by atoms with Crippen molar-refractivity contribution >= 4 is 38.3 Å². The van der Waals surface area contributed by atoms with Crippen LogP contribution in [0.15, 0.2) is 46.9 Å². The maximum absolute atomic E-state index is 5.46. The third kappa shape index (κ3) is 5.76. The zero-order chi connectivity index (χ0) is 24.1. The number of nitrogens with zero attached hydrogens (tertiary/aromatic N) is 2. The lowest BCUT2D eigenvalue weighted by atomic mass is 9.86. The molecule has 34 heavy (non-hydrogen) atoms. The van der Waals surface area contributed by atoms with Crippen molar-refractivity contribution in [3.05, 3.63) is 52.5 Å². The van der Waals surface area contributed by atoms with Crippen LogP contribution in [0.25, 0.3) is 10.9 Å². The molecular formula is C27H35BrN4O2. The smallest absolute Gasteiger partial charge is 0.174 e. The van der Waals surface area contributed by atoms with Crippen molar-refractivity contribution in [2.75, 3.05) is 45.1 Å². The van der Waals surface area contributed by atoms with Gasteiger partial charge in [0.2, 0.25) is 0 Å². The summed E-state index contributed by atoms with van der Waals surface area (Å²) in [5, 5.41) is 8.54. The van der Waals surface area contributed by atoms with Gasteiger partial charge in [-0.3, -0.25) is 0 Å². The molecule has 6 nitrogen and oxygen atoms in total. The number of pyridine rings is 1. The van der Waals surface area contributed by atoms with Gasteiger partial charge in [0.25, 0.3) is 0 Å². The second kappa shape index (κ2) is 11.3. The molecular weight excluding hydrogens is 492 g/mol. The maximum Gasteiger partial charge on any atom is 0.174 e. The topological polar surface area (TPSA) is 58.7 Å². The second-order valence-corrected chi connectivity index (χ2v) is 10.1. The highest BCUT2D eigenvalue weighted by Gasteiger charge is 2.22. The normalized spacial score (nSPS) is 18.0. The first kappa shape index (κ1) is 24.6. The minimum Gasteiger partial charge on any atom is -0.493 e. The van der Waals surface area contributed by atoms with Gasteiger partial charge in [-0.1, -0.05) is 18.2 Å². The van der Waals surface area contributed by atoms with Crippen LogP contribution in [-0.4, -0.2) is 45.9 Å². The Bertz CT molecular complexity index is 1110. The third-order valence-corrected chi connectivity index (χ3v) is 7.22. The molecule has 4 rings (SSSR count). The molecule has 1 fully saturated rings. The first-order valence-corrected chi connectivity index (χ1v) is 12.7. The lowest BCUT2D eigenvalue weighted by Gasteiger charge is -2.30. The molecule has 7 heteroatoms. The number of ether oxygens (including phenoxy) is 2. The molecule has 0 saturated heterocycles. The molecule has 0 aliphatic heterocycles. The van der Waals surface area contributed by atoms with E-state index in [-0.39, 0.29) is 0 Å². The zero-order valence-corrected chi connectivity index (χ0v) is 22.1. The summed E-state index contributed by atoms with van der Waals surface area (Å²) in [5.74, 6) is 3.15. The molecule has 2 aromatic carbocycles. The summed E-state index contributed by atoms with van der Waals surface area (Å²) in [6, 6.07) is 15.1. The minimum absolute atomic E-state index is 0.474. The number of halogens is 1. The Morgan fingerprint density at radius 3 is 2.50 bits per heavy atom. The minimum atomic E-state index is 0.474. The molecule has 1 aromatic heterocycles. The Kier molecular flexibility index (Phi) is 8.16. The van der Waals surface area contributed by atoms with Crippen LogP contribution in [0.2, 0.25) is 0 Å². The highest BCUT2D eigenvalue weighted by molar-refractivity contribution is 9.10. The molecule has 2 N–H and O–H groups in total. The standard InChI is InChI=1S/C27H35BrN4O2/c1-32(2)24-15-26(31-23-8-6-5-7-21(23)24)30-20-11-9-18(10-12-20)16-29-17-19-13-22(28)27(34-4)25(14-19)33-3/h5-8,13-15,18,20,29H,9-12,16-17H2,1-4H3,(H,30,31)/t18-,20+. The summed E-state index contributed by atoms with van der Waals surface area (Å²) in [7, 11) is 7.50. The number of aromatic nitrogens is 1. The SMILES string of the molecule is COc1cc(CNC[C@H]2CC[C@@H](Nc3cc(N(C)C)c4ccccc4n3)CC2)cc(Br)c1OC. The molecule has 0 unspecified atom stereocenters. The molecule has 0 radical (unpaired) electrons. The summed E-state index contributed by atoms with van der Waals surface area (Å²) in [5.41, 5.74) is 3.42. The van der Waals surface area contributed by atoms with Crippen LogP contribution in [-0.2, 0) is 6.54 Å². The van der Waals surface area contributed by atoms with Crippen LogP contribution >= 0.6 is 15.9 Å². The Balaban J connectivity index is 1.29. The Morgan fingerprint density at radius 2 is 1.79 bits per heavy atom. The molecule has 1 saturated carbocycles. The fourth-order valence-electron chi connectivity index (χ4n) is 4.82. The van der Waals surface area contributed by atoms with Crippen LogP contribution < -0.4 is 25.0 Å². The quantitative estimate of drug-likeness (QED) is 0.365. The lowest BCUT2D eigenvalue weighted by molar-refractivity contribution is 0.323. The first-order chi connectivity index (χ1) is 16.5. The van der Waals surface area contributed by atoms with Crippen LogP contribution in [0.3, 0.4) is 0 Å². The summed E-state index contributed by atoms with van der Waals surface area (Å²) >= 11 is 3.58. The Labute approximate surface area is 211 Å². The average molecular weight is 528 g/mol. The van der Waals surface area contributed by atoms with E-state index in [1.165, 1.54) is 42.3 Å². The number of rotatable bonds is 9. The molecule has 3 aromatic rings. The zero-order valence-electron chi connectivity index (χ0n) is 20.5. The summed E-state index contributed by atoms with van der Waals surface area (Å²) in [4.78, 5) is 7.04. The van der Waals surface area contributed by atoms with Gasteiger partial charge in [-0.15, -0.1) is 0 Å². The van der Waals surface area contributed by atoms with Crippen molar-refractivity contribution in [1.82, 2.24) is 10.3 Å². The van der Waals surface area contributed by atoms with Gasteiger partial charge < -0.3 is 25.0 Å². The number of benzene rings is 2. The van der Waals surface area contributed by atoms with Crippen LogP contribution in [0, 0.1) is 5.92 Å². The fourth-order valence-corrected chi connectivity index (χ4v) is 5.47. The van der Waals surface area contributed by atoms with Crippen molar-refractivity contribution in [1.29, 1.82) is 0 Å². The fraction of sp³-hybridized carbons (Fsp3) is 0.444. The van der Waals surface area contributed by atoms with Crippen molar-refractivity contribution in [3.8, 4) is 11.5 Å². The summed E-state index contributed by atoms with van der Waals surface area (Å²) < 4.78 is 11.8. The highest BCUT2D eigenvalue weighted by Crippen LogP contribution is 2.36.